The van der Waals surface area contributed by atoms with Gasteiger partial charge in [-0.2, -0.15) is 0 Å². The molecule has 2 atom stereocenters. The van der Waals surface area contributed by atoms with E-state index in [0.29, 0.717) is 0 Å². The molecule has 4 heteroatoms. The Morgan fingerprint density at radius 3 is 1.00 bits per heavy atom. The number of carbonyl (C=O) groups is 2. The van der Waals surface area contributed by atoms with E-state index in [0.717, 1.165) is 128 Å². The largest absolute Gasteiger partial charge is 0.481 e. The Hall–Kier alpha value is -1.58. The van der Waals surface area contributed by atoms with Crippen molar-refractivity contribution >= 4 is 11.9 Å². The van der Waals surface area contributed by atoms with Gasteiger partial charge in [-0.25, -0.2) is 0 Å². The van der Waals surface area contributed by atoms with Crippen LogP contribution < -0.4 is 0 Å². The third kappa shape index (κ3) is 19.1. The number of carboxylic acids is 2. The van der Waals surface area contributed by atoms with E-state index in [1.165, 1.54) is 0 Å². The number of hydrogen-bond donors (Lipinski definition) is 2. The molecular weight excluding hydrogens is 400 g/mol. The molecule has 0 fully saturated rings. The van der Waals surface area contributed by atoms with Crippen molar-refractivity contribution in [3.8, 4) is 0 Å². The standard InChI is InChI=1S/C28H50O4/c1-3-5-7-9-13-17-21-25(27(29)30)23-19-15-11-12-16-20-24-26(28(31)32)22-18-14-10-8-6-4-2/h3-4,25-26H,1-2,5-24H2,(H,29,30)(H,31,32). The second-order valence-corrected chi connectivity index (χ2v) is 9.33. The van der Waals surface area contributed by atoms with E-state index < -0.39 is 11.9 Å². The van der Waals surface area contributed by atoms with Crippen LogP contribution in [0.1, 0.15) is 128 Å². The van der Waals surface area contributed by atoms with Gasteiger partial charge in [0.15, 0.2) is 0 Å². The molecule has 2 unspecified atom stereocenters. The summed E-state index contributed by atoms with van der Waals surface area (Å²) in [6, 6.07) is 0. The van der Waals surface area contributed by atoms with Crippen LogP contribution in [-0.4, -0.2) is 22.2 Å². The number of allylic oxidation sites excluding steroid dienone is 2. The highest BCUT2D eigenvalue weighted by molar-refractivity contribution is 5.70. The lowest BCUT2D eigenvalue weighted by Gasteiger charge is -2.13. The highest BCUT2D eigenvalue weighted by atomic mass is 16.4. The SMILES string of the molecule is C=CCCCCCCC(CCCCCCCCC(CCCCCCC=C)C(=O)O)C(=O)O. The second-order valence-electron chi connectivity index (χ2n) is 9.33. The quantitative estimate of drug-likeness (QED) is 0.108. The molecule has 0 aliphatic carbocycles. The molecule has 0 spiro atoms. The Labute approximate surface area is 197 Å². The highest BCUT2D eigenvalue weighted by Gasteiger charge is 2.17. The molecule has 0 heterocycles. The maximum atomic E-state index is 11.5. The first-order chi connectivity index (χ1) is 15.5. The fraction of sp³-hybridized carbons (Fsp3) is 0.786. The molecule has 32 heavy (non-hydrogen) atoms. The molecular formula is C28H50O4. The molecule has 0 saturated carbocycles. The lowest BCUT2D eigenvalue weighted by molar-refractivity contribution is -0.143. The van der Waals surface area contributed by atoms with Crippen molar-refractivity contribution in [3.05, 3.63) is 25.3 Å². The number of aliphatic carboxylic acids is 2. The Balaban J connectivity index is 3.74. The van der Waals surface area contributed by atoms with Crippen molar-refractivity contribution in [1.82, 2.24) is 0 Å². The Bertz CT molecular complexity index is 442. The van der Waals surface area contributed by atoms with E-state index >= 15 is 0 Å². The number of carboxylic acid groups (broad SMARTS) is 2. The maximum absolute atomic E-state index is 11.5. The van der Waals surface area contributed by atoms with Gasteiger partial charge in [0.1, 0.15) is 0 Å². The van der Waals surface area contributed by atoms with Crippen LogP contribution in [0.25, 0.3) is 0 Å². The number of hydrogen-bond acceptors (Lipinski definition) is 2. The maximum Gasteiger partial charge on any atom is 0.306 e. The van der Waals surface area contributed by atoms with Crippen molar-refractivity contribution in [2.75, 3.05) is 0 Å². The van der Waals surface area contributed by atoms with E-state index in [4.69, 9.17) is 0 Å². The van der Waals surface area contributed by atoms with Gasteiger partial charge in [0, 0.05) is 0 Å². The zero-order valence-electron chi connectivity index (χ0n) is 20.6. The first-order valence-electron chi connectivity index (χ1n) is 13.2. The third-order valence-corrected chi connectivity index (χ3v) is 6.48. The van der Waals surface area contributed by atoms with Gasteiger partial charge in [-0.3, -0.25) is 9.59 Å². The molecule has 0 aromatic rings. The van der Waals surface area contributed by atoms with Gasteiger partial charge in [-0.1, -0.05) is 89.2 Å². The van der Waals surface area contributed by atoms with Crippen molar-refractivity contribution in [2.45, 2.75) is 128 Å². The Morgan fingerprint density at radius 1 is 0.500 bits per heavy atom. The van der Waals surface area contributed by atoms with Gasteiger partial charge in [-0.15, -0.1) is 13.2 Å². The minimum Gasteiger partial charge on any atom is -0.481 e. The summed E-state index contributed by atoms with van der Waals surface area (Å²) in [5.41, 5.74) is 0. The van der Waals surface area contributed by atoms with Crippen LogP contribution in [0.2, 0.25) is 0 Å². The summed E-state index contributed by atoms with van der Waals surface area (Å²) >= 11 is 0. The summed E-state index contributed by atoms with van der Waals surface area (Å²) in [7, 11) is 0. The summed E-state index contributed by atoms with van der Waals surface area (Å²) in [4.78, 5) is 22.9. The van der Waals surface area contributed by atoms with Crippen LogP contribution in [0.4, 0.5) is 0 Å². The topological polar surface area (TPSA) is 74.6 Å². The molecule has 0 aliphatic heterocycles. The smallest absolute Gasteiger partial charge is 0.306 e. The summed E-state index contributed by atoms with van der Waals surface area (Å²) in [5, 5.41) is 18.9. The zero-order valence-corrected chi connectivity index (χ0v) is 20.6. The molecule has 0 aromatic carbocycles. The van der Waals surface area contributed by atoms with E-state index in [9.17, 15) is 19.8 Å². The van der Waals surface area contributed by atoms with Crippen molar-refractivity contribution < 1.29 is 19.8 Å². The fourth-order valence-corrected chi connectivity index (χ4v) is 4.34. The first kappa shape index (κ1) is 30.4. The van der Waals surface area contributed by atoms with Crippen molar-refractivity contribution in [2.24, 2.45) is 11.8 Å². The average Bonchev–Trinajstić information content (AvgIpc) is 2.76. The molecule has 0 aromatic heterocycles. The normalized spacial score (nSPS) is 12.9. The minimum absolute atomic E-state index is 0.192. The van der Waals surface area contributed by atoms with Crippen molar-refractivity contribution in [1.29, 1.82) is 0 Å². The van der Waals surface area contributed by atoms with Crippen LogP contribution in [0.5, 0.6) is 0 Å². The van der Waals surface area contributed by atoms with Gasteiger partial charge in [0.05, 0.1) is 11.8 Å². The predicted octanol–water partition coefficient (Wildman–Crippen LogP) is 8.56. The zero-order chi connectivity index (χ0) is 23.9. The molecule has 2 N–H and O–H groups in total. The third-order valence-electron chi connectivity index (χ3n) is 6.48. The van der Waals surface area contributed by atoms with Crippen LogP contribution in [-0.2, 0) is 9.59 Å². The summed E-state index contributed by atoms with van der Waals surface area (Å²) in [6.07, 6.45) is 24.4. The molecule has 0 rings (SSSR count). The molecule has 186 valence electrons. The predicted molar refractivity (Wildman–Crippen MR) is 135 cm³/mol. The highest BCUT2D eigenvalue weighted by Crippen LogP contribution is 2.21. The molecule has 0 radical (unpaired) electrons. The van der Waals surface area contributed by atoms with Gasteiger partial charge in [0.25, 0.3) is 0 Å². The number of rotatable bonds is 25. The van der Waals surface area contributed by atoms with Gasteiger partial charge >= 0.3 is 11.9 Å². The van der Waals surface area contributed by atoms with Crippen LogP contribution in [0, 0.1) is 11.8 Å². The fourth-order valence-electron chi connectivity index (χ4n) is 4.34. The molecule has 4 nitrogen and oxygen atoms in total. The molecule has 0 amide bonds. The van der Waals surface area contributed by atoms with E-state index in [-0.39, 0.29) is 11.8 Å². The lowest BCUT2D eigenvalue weighted by atomic mass is 9.93. The summed E-state index contributed by atoms with van der Waals surface area (Å²) in [6.45, 7) is 7.45. The van der Waals surface area contributed by atoms with Crippen molar-refractivity contribution in [3.63, 3.8) is 0 Å². The second kappa shape index (κ2) is 22.6. The van der Waals surface area contributed by atoms with Gasteiger partial charge in [-0.05, 0) is 51.4 Å². The molecule has 0 aliphatic rings. The van der Waals surface area contributed by atoms with Gasteiger partial charge in [0.2, 0.25) is 0 Å². The molecule has 0 bridgehead atoms. The van der Waals surface area contributed by atoms with Crippen LogP contribution in [0.15, 0.2) is 25.3 Å². The average molecular weight is 451 g/mol. The van der Waals surface area contributed by atoms with Crippen LogP contribution >= 0.6 is 0 Å². The Kier molecular flexibility index (Phi) is 21.5. The number of unbranched alkanes of at least 4 members (excludes halogenated alkanes) is 13. The van der Waals surface area contributed by atoms with E-state index in [2.05, 4.69) is 13.2 Å². The summed E-state index contributed by atoms with van der Waals surface area (Å²) in [5.74, 6) is -1.67. The summed E-state index contributed by atoms with van der Waals surface area (Å²) < 4.78 is 0. The lowest BCUT2D eigenvalue weighted by Crippen LogP contribution is -2.13. The Morgan fingerprint density at radius 2 is 0.750 bits per heavy atom. The first-order valence-corrected chi connectivity index (χ1v) is 13.2. The van der Waals surface area contributed by atoms with Gasteiger partial charge < -0.3 is 10.2 Å². The van der Waals surface area contributed by atoms with E-state index in [1.807, 2.05) is 12.2 Å². The van der Waals surface area contributed by atoms with E-state index in [1.54, 1.807) is 0 Å². The molecule has 0 saturated heterocycles. The van der Waals surface area contributed by atoms with Crippen LogP contribution in [0.3, 0.4) is 0 Å². The monoisotopic (exact) mass is 450 g/mol. The minimum atomic E-state index is -0.642.